The first-order chi connectivity index (χ1) is 9.06. The normalized spacial score (nSPS) is 12.5. The van der Waals surface area contributed by atoms with Crippen LogP contribution < -0.4 is 11.3 Å². The fourth-order valence-electron chi connectivity index (χ4n) is 1.92. The molecule has 100 valence electrons. The Morgan fingerprint density at radius 3 is 2.47 bits per heavy atom. The van der Waals surface area contributed by atoms with Crippen LogP contribution in [0.25, 0.3) is 0 Å². The predicted molar refractivity (Wildman–Crippen MR) is 64.5 cm³/mol. The minimum atomic E-state index is -1.51. The average molecular weight is 267 g/mol. The van der Waals surface area contributed by atoms with Gasteiger partial charge in [0, 0.05) is 18.0 Å². The quantitative estimate of drug-likeness (QED) is 0.510. The maximum absolute atomic E-state index is 13.8. The van der Waals surface area contributed by atoms with Crippen molar-refractivity contribution >= 4 is 0 Å². The Balaban J connectivity index is 2.55. The van der Waals surface area contributed by atoms with Gasteiger partial charge < -0.3 is 0 Å². The molecule has 1 aromatic carbocycles. The van der Waals surface area contributed by atoms with Crippen molar-refractivity contribution in [3.8, 4) is 0 Å². The van der Waals surface area contributed by atoms with Crippen LogP contribution in [0.1, 0.15) is 22.7 Å². The van der Waals surface area contributed by atoms with Crippen LogP contribution in [0, 0.1) is 24.4 Å². The van der Waals surface area contributed by atoms with Gasteiger partial charge >= 0.3 is 0 Å². The largest absolute Gasteiger partial charge is 0.271 e. The van der Waals surface area contributed by atoms with Crippen LogP contribution in [0.3, 0.4) is 0 Å². The van der Waals surface area contributed by atoms with E-state index in [1.165, 1.54) is 6.20 Å². The zero-order valence-electron chi connectivity index (χ0n) is 10.1. The highest BCUT2D eigenvalue weighted by atomic mass is 19.2. The third-order valence-corrected chi connectivity index (χ3v) is 2.92. The first-order valence-electron chi connectivity index (χ1n) is 5.56. The fourth-order valence-corrected chi connectivity index (χ4v) is 1.92. The van der Waals surface area contributed by atoms with Crippen molar-refractivity contribution in [2.75, 3.05) is 0 Å². The first-order valence-corrected chi connectivity index (χ1v) is 5.56. The molecule has 0 aliphatic carbocycles. The van der Waals surface area contributed by atoms with Gasteiger partial charge in [-0.3, -0.25) is 10.8 Å². The Morgan fingerprint density at radius 2 is 1.84 bits per heavy atom. The summed E-state index contributed by atoms with van der Waals surface area (Å²) in [6, 6.07) is 2.89. The number of aryl methyl sites for hydroxylation is 1. The summed E-state index contributed by atoms with van der Waals surface area (Å²) in [6.45, 7) is 1.77. The number of nitrogens with two attached hydrogens (primary N) is 1. The number of hydrazine groups is 1. The monoisotopic (exact) mass is 267 g/mol. The number of nitrogens with one attached hydrogen (secondary N) is 1. The Morgan fingerprint density at radius 1 is 1.11 bits per heavy atom. The molecule has 2 rings (SSSR count). The molecule has 0 spiro atoms. The molecule has 3 nitrogen and oxygen atoms in total. The fraction of sp³-hybridized carbons (Fsp3) is 0.154. The molecule has 2 aromatic rings. The van der Waals surface area contributed by atoms with E-state index in [9.17, 15) is 13.2 Å². The highest BCUT2D eigenvalue weighted by molar-refractivity contribution is 5.36. The second kappa shape index (κ2) is 5.38. The lowest BCUT2D eigenvalue weighted by molar-refractivity contribution is 0.433. The van der Waals surface area contributed by atoms with Gasteiger partial charge in [-0.1, -0.05) is 6.07 Å². The molecular weight excluding hydrogens is 255 g/mol. The van der Waals surface area contributed by atoms with Crippen molar-refractivity contribution in [2.45, 2.75) is 13.0 Å². The molecule has 0 saturated carbocycles. The smallest absolute Gasteiger partial charge is 0.194 e. The number of hydrogen-bond acceptors (Lipinski definition) is 3. The van der Waals surface area contributed by atoms with Crippen LogP contribution in [0.2, 0.25) is 0 Å². The molecule has 19 heavy (non-hydrogen) atoms. The van der Waals surface area contributed by atoms with E-state index < -0.39 is 23.5 Å². The minimum Gasteiger partial charge on any atom is -0.271 e. The number of pyridine rings is 1. The molecule has 0 saturated heterocycles. The van der Waals surface area contributed by atoms with E-state index in [4.69, 9.17) is 5.84 Å². The summed E-state index contributed by atoms with van der Waals surface area (Å²) in [5, 5.41) is 0. The van der Waals surface area contributed by atoms with Crippen molar-refractivity contribution in [1.29, 1.82) is 0 Å². The molecule has 0 radical (unpaired) electrons. The highest BCUT2D eigenvalue weighted by Crippen LogP contribution is 2.27. The van der Waals surface area contributed by atoms with Crippen molar-refractivity contribution < 1.29 is 13.2 Å². The third-order valence-electron chi connectivity index (χ3n) is 2.92. The molecular formula is C13H12F3N3. The molecule has 6 heteroatoms. The molecule has 1 heterocycles. The van der Waals surface area contributed by atoms with Gasteiger partial charge in [-0.05, 0) is 30.2 Å². The van der Waals surface area contributed by atoms with Crippen LogP contribution in [-0.2, 0) is 0 Å². The zero-order valence-corrected chi connectivity index (χ0v) is 10.1. The number of rotatable bonds is 3. The Kier molecular flexibility index (Phi) is 3.82. The van der Waals surface area contributed by atoms with E-state index in [0.29, 0.717) is 5.56 Å². The van der Waals surface area contributed by atoms with Crippen LogP contribution >= 0.6 is 0 Å². The van der Waals surface area contributed by atoms with Gasteiger partial charge in [-0.2, -0.15) is 0 Å². The van der Waals surface area contributed by atoms with Crippen LogP contribution in [0.5, 0.6) is 0 Å². The molecule has 0 amide bonds. The van der Waals surface area contributed by atoms with Crippen LogP contribution in [0.15, 0.2) is 30.6 Å². The van der Waals surface area contributed by atoms with Gasteiger partial charge in [0.25, 0.3) is 0 Å². The molecule has 1 aromatic heterocycles. The minimum absolute atomic E-state index is 0.0595. The van der Waals surface area contributed by atoms with Crippen molar-refractivity contribution in [3.63, 3.8) is 0 Å². The summed E-state index contributed by atoms with van der Waals surface area (Å²) < 4.78 is 40.0. The lowest BCUT2D eigenvalue weighted by Crippen LogP contribution is -2.30. The van der Waals surface area contributed by atoms with E-state index >= 15 is 0 Å². The van der Waals surface area contributed by atoms with Gasteiger partial charge in [0.15, 0.2) is 17.5 Å². The number of halogens is 3. The standard InChI is InChI=1S/C13H12F3N3/c1-7-6-18-5-4-8(7)13(19-17)9-2-3-10(14)12(16)11(9)15/h2-6,13,19H,17H2,1H3. The number of benzene rings is 1. The molecule has 1 atom stereocenters. The summed E-state index contributed by atoms with van der Waals surface area (Å²) in [5.74, 6) is 1.42. The Bertz CT molecular complexity index is 602. The van der Waals surface area contributed by atoms with Crippen LogP contribution in [0.4, 0.5) is 13.2 Å². The number of aromatic nitrogens is 1. The van der Waals surface area contributed by atoms with Gasteiger partial charge in [0.2, 0.25) is 0 Å². The zero-order chi connectivity index (χ0) is 14.0. The lowest BCUT2D eigenvalue weighted by Gasteiger charge is -2.19. The van der Waals surface area contributed by atoms with Crippen LogP contribution in [-0.4, -0.2) is 4.98 Å². The van der Waals surface area contributed by atoms with Crippen molar-refractivity contribution in [3.05, 3.63) is 64.7 Å². The van der Waals surface area contributed by atoms with E-state index in [-0.39, 0.29) is 5.56 Å². The highest BCUT2D eigenvalue weighted by Gasteiger charge is 2.22. The average Bonchev–Trinajstić information content (AvgIpc) is 2.41. The van der Waals surface area contributed by atoms with E-state index in [1.54, 1.807) is 19.2 Å². The molecule has 1 unspecified atom stereocenters. The predicted octanol–water partition coefficient (Wildman–Crippen LogP) is 2.36. The summed E-state index contributed by atoms with van der Waals surface area (Å²) in [5.41, 5.74) is 3.75. The molecule has 0 bridgehead atoms. The van der Waals surface area contributed by atoms with Gasteiger partial charge in [-0.15, -0.1) is 0 Å². The second-order valence-corrected chi connectivity index (χ2v) is 4.10. The van der Waals surface area contributed by atoms with Gasteiger partial charge in [0.05, 0.1) is 6.04 Å². The Hall–Kier alpha value is -1.92. The molecule has 0 fully saturated rings. The molecule has 3 N–H and O–H groups in total. The van der Waals surface area contributed by atoms with Gasteiger partial charge in [0.1, 0.15) is 0 Å². The number of hydrogen-bond donors (Lipinski definition) is 2. The SMILES string of the molecule is Cc1cnccc1C(NN)c1ccc(F)c(F)c1F. The van der Waals surface area contributed by atoms with Crippen molar-refractivity contribution in [1.82, 2.24) is 10.4 Å². The van der Waals surface area contributed by atoms with Gasteiger partial charge in [-0.25, -0.2) is 18.6 Å². The summed E-state index contributed by atoms with van der Waals surface area (Å²) in [7, 11) is 0. The molecule has 0 aliphatic rings. The topological polar surface area (TPSA) is 50.9 Å². The lowest BCUT2D eigenvalue weighted by atomic mass is 9.96. The molecule has 0 aliphatic heterocycles. The van der Waals surface area contributed by atoms with Crippen molar-refractivity contribution in [2.24, 2.45) is 5.84 Å². The van der Waals surface area contributed by atoms with E-state index in [0.717, 1.165) is 17.7 Å². The summed E-state index contributed by atoms with van der Waals surface area (Å²) in [4.78, 5) is 3.91. The maximum Gasteiger partial charge on any atom is 0.194 e. The second-order valence-electron chi connectivity index (χ2n) is 4.10. The first kappa shape index (κ1) is 13.5. The Labute approximate surface area is 108 Å². The summed E-state index contributed by atoms with van der Waals surface area (Å²) >= 11 is 0. The third kappa shape index (κ3) is 2.45. The summed E-state index contributed by atoms with van der Waals surface area (Å²) in [6.07, 6.45) is 3.10. The van der Waals surface area contributed by atoms with E-state index in [2.05, 4.69) is 10.4 Å². The number of nitrogens with zero attached hydrogens (tertiary/aromatic N) is 1. The maximum atomic E-state index is 13.8. The van der Waals surface area contributed by atoms with E-state index in [1.807, 2.05) is 0 Å².